The number of nitrogens with zero attached hydrogens (tertiary/aromatic N) is 2. The summed E-state index contributed by atoms with van der Waals surface area (Å²) < 4.78 is 7.87. The summed E-state index contributed by atoms with van der Waals surface area (Å²) in [6, 6.07) is 0. The molecule has 17 heavy (non-hydrogen) atoms. The first-order chi connectivity index (χ1) is 8.36. The van der Waals surface area contributed by atoms with Crippen LogP contribution >= 0.6 is 0 Å². The van der Waals surface area contributed by atoms with Crippen LogP contribution in [0.25, 0.3) is 0 Å². The highest BCUT2D eigenvalue weighted by Crippen LogP contribution is 2.14. The quantitative estimate of drug-likeness (QED) is 0.766. The van der Waals surface area contributed by atoms with Crippen molar-refractivity contribution in [3.8, 4) is 0 Å². The molecule has 1 aromatic heterocycles. The molecule has 2 heterocycles. The van der Waals surface area contributed by atoms with Gasteiger partial charge in [0.05, 0.1) is 6.10 Å². The summed E-state index contributed by atoms with van der Waals surface area (Å²) in [4.78, 5) is 4.20. The van der Waals surface area contributed by atoms with Crippen LogP contribution in [-0.4, -0.2) is 35.4 Å². The molecule has 1 saturated heterocycles. The second-order valence-electron chi connectivity index (χ2n) is 4.70. The van der Waals surface area contributed by atoms with Crippen LogP contribution in [0.2, 0.25) is 0 Å². The highest BCUT2D eigenvalue weighted by Gasteiger charge is 2.12. The second-order valence-corrected chi connectivity index (χ2v) is 4.70. The molecular formula is C13H23N3O. The Bertz CT molecular complexity index is 318. The first-order valence-electron chi connectivity index (χ1n) is 6.66. The van der Waals surface area contributed by atoms with Crippen LogP contribution in [0.5, 0.6) is 0 Å². The summed E-state index contributed by atoms with van der Waals surface area (Å²) in [5.74, 6) is 1.09. The van der Waals surface area contributed by atoms with Crippen LogP contribution in [0, 0.1) is 6.92 Å². The first-order valence-corrected chi connectivity index (χ1v) is 6.66. The topological polar surface area (TPSA) is 39.1 Å². The fraction of sp³-hybridized carbons (Fsp3) is 0.769. The molecule has 1 N–H and O–H groups in total. The molecule has 96 valence electrons. The molecule has 2 rings (SSSR count). The lowest BCUT2D eigenvalue weighted by atomic mass is 10.1. The molecule has 0 bridgehead atoms. The molecule has 0 radical (unpaired) electrons. The highest BCUT2D eigenvalue weighted by atomic mass is 16.5. The zero-order chi connectivity index (χ0) is 11.9. The maximum atomic E-state index is 5.69. The van der Waals surface area contributed by atoms with Gasteiger partial charge in [0, 0.05) is 32.1 Å². The minimum absolute atomic E-state index is 0.492. The standard InChI is InChI=1S/C13H23N3O/c1-12-15-8-10-16(12)9-7-14-6-5-13-4-2-3-11-17-13/h8,10,13-14H,2-7,9,11H2,1H3. The third-order valence-corrected chi connectivity index (χ3v) is 3.37. The van der Waals surface area contributed by atoms with Gasteiger partial charge in [0.25, 0.3) is 0 Å². The molecule has 1 aliphatic rings. The van der Waals surface area contributed by atoms with Crippen molar-refractivity contribution in [2.75, 3.05) is 19.7 Å². The van der Waals surface area contributed by atoms with Crippen molar-refractivity contribution in [3.05, 3.63) is 18.2 Å². The molecule has 4 heteroatoms. The molecule has 0 saturated carbocycles. The lowest BCUT2D eigenvalue weighted by molar-refractivity contribution is 0.0116. The van der Waals surface area contributed by atoms with Crippen molar-refractivity contribution < 1.29 is 4.74 Å². The van der Waals surface area contributed by atoms with Gasteiger partial charge in [-0.25, -0.2) is 4.98 Å². The van der Waals surface area contributed by atoms with Gasteiger partial charge in [0.2, 0.25) is 0 Å². The maximum absolute atomic E-state index is 5.69. The minimum atomic E-state index is 0.492. The van der Waals surface area contributed by atoms with E-state index >= 15 is 0 Å². The molecule has 1 atom stereocenters. The Balaban J connectivity index is 1.53. The van der Waals surface area contributed by atoms with Gasteiger partial charge in [-0.3, -0.25) is 0 Å². The monoisotopic (exact) mass is 237 g/mol. The van der Waals surface area contributed by atoms with Gasteiger partial charge in [-0.15, -0.1) is 0 Å². The Morgan fingerprint density at radius 3 is 3.12 bits per heavy atom. The average molecular weight is 237 g/mol. The van der Waals surface area contributed by atoms with E-state index in [9.17, 15) is 0 Å². The molecular weight excluding hydrogens is 214 g/mol. The zero-order valence-corrected chi connectivity index (χ0v) is 10.7. The molecule has 1 aliphatic heterocycles. The van der Waals surface area contributed by atoms with Gasteiger partial charge < -0.3 is 14.6 Å². The number of nitrogens with one attached hydrogen (secondary N) is 1. The normalized spacial score (nSPS) is 20.6. The van der Waals surface area contributed by atoms with E-state index < -0.39 is 0 Å². The first kappa shape index (κ1) is 12.6. The molecule has 1 aromatic rings. The second kappa shape index (κ2) is 6.77. The van der Waals surface area contributed by atoms with E-state index in [-0.39, 0.29) is 0 Å². The van der Waals surface area contributed by atoms with Gasteiger partial charge in [-0.2, -0.15) is 0 Å². The van der Waals surface area contributed by atoms with Crippen molar-refractivity contribution in [3.63, 3.8) is 0 Å². The van der Waals surface area contributed by atoms with E-state index in [0.29, 0.717) is 6.10 Å². The fourth-order valence-electron chi connectivity index (χ4n) is 2.26. The summed E-state index contributed by atoms with van der Waals surface area (Å²) >= 11 is 0. The zero-order valence-electron chi connectivity index (χ0n) is 10.7. The molecule has 1 fully saturated rings. The molecule has 1 unspecified atom stereocenters. The predicted octanol–water partition coefficient (Wildman–Crippen LogP) is 1.74. The molecule has 0 spiro atoms. The van der Waals surface area contributed by atoms with Crippen LogP contribution in [0.3, 0.4) is 0 Å². The number of hydrogen-bond acceptors (Lipinski definition) is 3. The van der Waals surface area contributed by atoms with Crippen molar-refractivity contribution >= 4 is 0 Å². The fourth-order valence-corrected chi connectivity index (χ4v) is 2.26. The van der Waals surface area contributed by atoms with Gasteiger partial charge in [0.1, 0.15) is 5.82 Å². The van der Waals surface area contributed by atoms with Crippen LogP contribution in [0.15, 0.2) is 12.4 Å². The van der Waals surface area contributed by atoms with Crippen LogP contribution < -0.4 is 5.32 Å². The van der Waals surface area contributed by atoms with Gasteiger partial charge >= 0.3 is 0 Å². The minimum Gasteiger partial charge on any atom is -0.378 e. The Morgan fingerprint density at radius 1 is 1.47 bits per heavy atom. The Labute approximate surface area is 103 Å². The Hall–Kier alpha value is -0.870. The SMILES string of the molecule is Cc1nccn1CCNCCC1CCCCO1. The van der Waals surface area contributed by atoms with Crippen LogP contribution in [-0.2, 0) is 11.3 Å². The summed E-state index contributed by atoms with van der Waals surface area (Å²) in [7, 11) is 0. The van der Waals surface area contributed by atoms with Crippen molar-refractivity contribution in [1.82, 2.24) is 14.9 Å². The molecule has 4 nitrogen and oxygen atoms in total. The summed E-state index contributed by atoms with van der Waals surface area (Å²) in [6.07, 6.45) is 9.33. The van der Waals surface area contributed by atoms with Crippen LogP contribution in [0.4, 0.5) is 0 Å². The largest absolute Gasteiger partial charge is 0.378 e. The number of hydrogen-bond donors (Lipinski definition) is 1. The molecule has 0 aliphatic carbocycles. The molecule has 0 aromatic carbocycles. The predicted molar refractivity (Wildman–Crippen MR) is 68.0 cm³/mol. The van der Waals surface area contributed by atoms with Crippen molar-refractivity contribution in [2.45, 2.75) is 45.3 Å². The average Bonchev–Trinajstić information content (AvgIpc) is 2.76. The third kappa shape index (κ3) is 4.13. The van der Waals surface area contributed by atoms with E-state index in [1.54, 1.807) is 0 Å². The smallest absolute Gasteiger partial charge is 0.105 e. The Morgan fingerprint density at radius 2 is 2.41 bits per heavy atom. The number of rotatable bonds is 6. The highest BCUT2D eigenvalue weighted by molar-refractivity contribution is 4.88. The van der Waals surface area contributed by atoms with E-state index in [0.717, 1.165) is 38.5 Å². The number of aryl methyl sites for hydroxylation is 1. The van der Waals surface area contributed by atoms with Gasteiger partial charge in [-0.05, 0) is 39.2 Å². The summed E-state index contributed by atoms with van der Waals surface area (Å²) in [6.45, 7) is 6.05. The van der Waals surface area contributed by atoms with E-state index in [1.807, 2.05) is 19.3 Å². The van der Waals surface area contributed by atoms with Gasteiger partial charge in [-0.1, -0.05) is 0 Å². The summed E-state index contributed by atoms with van der Waals surface area (Å²) in [5, 5.41) is 3.47. The van der Waals surface area contributed by atoms with Gasteiger partial charge in [0.15, 0.2) is 0 Å². The van der Waals surface area contributed by atoms with E-state index in [1.165, 1.54) is 19.3 Å². The van der Waals surface area contributed by atoms with Crippen molar-refractivity contribution in [2.24, 2.45) is 0 Å². The number of ether oxygens (including phenoxy) is 1. The molecule has 0 amide bonds. The lowest BCUT2D eigenvalue weighted by Crippen LogP contribution is -2.27. The van der Waals surface area contributed by atoms with Crippen molar-refractivity contribution in [1.29, 1.82) is 0 Å². The Kier molecular flexibility index (Phi) is 5.01. The lowest BCUT2D eigenvalue weighted by Gasteiger charge is -2.22. The van der Waals surface area contributed by atoms with Crippen LogP contribution in [0.1, 0.15) is 31.5 Å². The number of imidazole rings is 1. The maximum Gasteiger partial charge on any atom is 0.105 e. The number of aromatic nitrogens is 2. The van der Waals surface area contributed by atoms with E-state index in [2.05, 4.69) is 14.9 Å². The summed E-state index contributed by atoms with van der Waals surface area (Å²) in [5.41, 5.74) is 0. The third-order valence-electron chi connectivity index (χ3n) is 3.37. The van der Waals surface area contributed by atoms with E-state index in [4.69, 9.17) is 4.74 Å².